The van der Waals surface area contributed by atoms with Gasteiger partial charge in [0, 0.05) is 25.3 Å². The fourth-order valence-corrected chi connectivity index (χ4v) is 3.14. The summed E-state index contributed by atoms with van der Waals surface area (Å²) in [6.07, 6.45) is 0.913. The van der Waals surface area contributed by atoms with Crippen LogP contribution in [0.15, 0.2) is 42.5 Å². The number of hydrogen-bond donors (Lipinski definition) is 2. The van der Waals surface area contributed by atoms with E-state index in [-0.39, 0.29) is 5.91 Å². The maximum Gasteiger partial charge on any atom is 0.238 e. The lowest BCUT2D eigenvalue weighted by molar-refractivity contribution is -0.117. The minimum Gasteiger partial charge on any atom is -0.329 e. The Bertz CT molecular complexity index is 675. The highest BCUT2D eigenvalue weighted by molar-refractivity contribution is 5.93. The number of carbonyl (C=O) groups is 1. The molecule has 0 unspecified atom stereocenters. The third-order valence-corrected chi connectivity index (χ3v) is 4.31. The van der Waals surface area contributed by atoms with Crippen molar-refractivity contribution in [3.8, 4) is 0 Å². The first kappa shape index (κ1) is 19.2. The van der Waals surface area contributed by atoms with Crippen LogP contribution in [0.1, 0.15) is 22.3 Å². The predicted molar refractivity (Wildman–Crippen MR) is 105 cm³/mol. The van der Waals surface area contributed by atoms with Crippen molar-refractivity contribution in [2.75, 3.05) is 31.5 Å². The number of carbonyl (C=O) groups excluding carboxylic acids is 1. The normalized spacial score (nSPS) is 10.9. The first-order chi connectivity index (χ1) is 12.0. The van der Waals surface area contributed by atoms with E-state index in [0.29, 0.717) is 19.6 Å². The lowest BCUT2D eigenvalue weighted by atomic mass is 10.1. The van der Waals surface area contributed by atoms with E-state index in [1.54, 1.807) is 0 Å². The number of benzene rings is 2. The van der Waals surface area contributed by atoms with Crippen LogP contribution in [0.4, 0.5) is 5.69 Å². The number of aryl methyl sites for hydroxylation is 3. The third-order valence-electron chi connectivity index (χ3n) is 4.31. The SMILES string of the molecule is Cc1cc(C)c(NC(=O)CN(CCN)CCc2ccccc2)c(C)c1. The maximum atomic E-state index is 12.5. The summed E-state index contributed by atoms with van der Waals surface area (Å²) in [5.74, 6) is 0.0107. The van der Waals surface area contributed by atoms with Gasteiger partial charge in [0.1, 0.15) is 0 Å². The number of anilines is 1. The summed E-state index contributed by atoms with van der Waals surface area (Å²) < 4.78 is 0. The van der Waals surface area contributed by atoms with Gasteiger partial charge in [0.2, 0.25) is 5.91 Å². The summed E-state index contributed by atoms with van der Waals surface area (Å²) >= 11 is 0. The molecule has 0 fully saturated rings. The summed E-state index contributed by atoms with van der Waals surface area (Å²) in [6.45, 7) is 8.57. The van der Waals surface area contributed by atoms with Crippen molar-refractivity contribution in [3.05, 3.63) is 64.7 Å². The monoisotopic (exact) mass is 339 g/mol. The lowest BCUT2D eigenvalue weighted by Crippen LogP contribution is -2.38. The average molecular weight is 339 g/mol. The smallest absolute Gasteiger partial charge is 0.238 e. The minimum atomic E-state index is 0.0107. The second-order valence-corrected chi connectivity index (χ2v) is 6.62. The molecule has 0 aromatic heterocycles. The molecule has 0 radical (unpaired) electrons. The maximum absolute atomic E-state index is 12.5. The molecule has 2 rings (SSSR count). The van der Waals surface area contributed by atoms with Crippen molar-refractivity contribution in [1.29, 1.82) is 0 Å². The summed E-state index contributed by atoms with van der Waals surface area (Å²) in [7, 11) is 0. The number of nitrogens with zero attached hydrogens (tertiary/aromatic N) is 1. The molecular formula is C21H29N3O. The summed E-state index contributed by atoms with van der Waals surface area (Å²) in [5, 5.41) is 3.07. The van der Waals surface area contributed by atoms with Crippen LogP contribution in [0.5, 0.6) is 0 Å². The molecule has 0 spiro atoms. The Morgan fingerprint density at radius 2 is 1.68 bits per heavy atom. The summed E-state index contributed by atoms with van der Waals surface area (Å²) in [6, 6.07) is 14.5. The number of rotatable bonds is 8. The quantitative estimate of drug-likeness (QED) is 0.777. The van der Waals surface area contributed by atoms with Crippen LogP contribution < -0.4 is 11.1 Å². The standard InChI is InChI=1S/C21H29N3O/c1-16-13-17(2)21(18(3)14-16)23-20(25)15-24(12-10-22)11-9-19-7-5-4-6-8-19/h4-8,13-14H,9-12,15,22H2,1-3H3,(H,23,25). The number of hydrogen-bond acceptors (Lipinski definition) is 3. The van der Waals surface area contributed by atoms with Crippen LogP contribution in [-0.4, -0.2) is 37.0 Å². The van der Waals surface area contributed by atoms with E-state index < -0.39 is 0 Å². The van der Waals surface area contributed by atoms with E-state index >= 15 is 0 Å². The molecule has 0 heterocycles. The van der Waals surface area contributed by atoms with E-state index in [9.17, 15) is 4.79 Å². The molecule has 0 atom stereocenters. The van der Waals surface area contributed by atoms with Gasteiger partial charge in [-0.2, -0.15) is 0 Å². The van der Waals surface area contributed by atoms with Crippen molar-refractivity contribution < 1.29 is 4.79 Å². The molecule has 4 heteroatoms. The second kappa shape index (κ2) is 9.35. The molecule has 2 aromatic rings. The van der Waals surface area contributed by atoms with Crippen LogP contribution in [-0.2, 0) is 11.2 Å². The molecule has 25 heavy (non-hydrogen) atoms. The highest BCUT2D eigenvalue weighted by Crippen LogP contribution is 2.21. The van der Waals surface area contributed by atoms with Gasteiger partial charge in [-0.05, 0) is 43.9 Å². The minimum absolute atomic E-state index is 0.0107. The van der Waals surface area contributed by atoms with E-state index in [0.717, 1.165) is 29.8 Å². The van der Waals surface area contributed by atoms with Crippen LogP contribution in [0, 0.1) is 20.8 Å². The van der Waals surface area contributed by atoms with Gasteiger partial charge in [-0.15, -0.1) is 0 Å². The molecular weight excluding hydrogens is 310 g/mol. The number of nitrogens with two attached hydrogens (primary N) is 1. The van der Waals surface area contributed by atoms with Crippen LogP contribution >= 0.6 is 0 Å². The predicted octanol–water partition coefficient (Wildman–Crippen LogP) is 3.05. The zero-order chi connectivity index (χ0) is 18.2. The second-order valence-electron chi connectivity index (χ2n) is 6.62. The highest BCUT2D eigenvalue weighted by Gasteiger charge is 2.13. The van der Waals surface area contributed by atoms with Gasteiger partial charge in [0.15, 0.2) is 0 Å². The fourth-order valence-electron chi connectivity index (χ4n) is 3.14. The van der Waals surface area contributed by atoms with Gasteiger partial charge >= 0.3 is 0 Å². The largest absolute Gasteiger partial charge is 0.329 e. The van der Waals surface area contributed by atoms with Crippen molar-refractivity contribution >= 4 is 11.6 Å². The zero-order valence-electron chi connectivity index (χ0n) is 15.5. The van der Waals surface area contributed by atoms with Gasteiger partial charge in [0.25, 0.3) is 0 Å². The Morgan fingerprint density at radius 1 is 1.04 bits per heavy atom. The van der Waals surface area contributed by atoms with Gasteiger partial charge in [-0.25, -0.2) is 0 Å². The molecule has 0 bridgehead atoms. The van der Waals surface area contributed by atoms with E-state index in [2.05, 4.69) is 41.4 Å². The molecule has 0 aliphatic carbocycles. The van der Waals surface area contributed by atoms with Crippen LogP contribution in [0.2, 0.25) is 0 Å². The van der Waals surface area contributed by atoms with Crippen molar-refractivity contribution in [2.24, 2.45) is 5.73 Å². The molecule has 2 aromatic carbocycles. The van der Waals surface area contributed by atoms with Gasteiger partial charge in [-0.3, -0.25) is 9.69 Å². The third kappa shape index (κ3) is 6.00. The average Bonchev–Trinajstić information content (AvgIpc) is 2.57. The Hall–Kier alpha value is -2.17. The number of nitrogens with one attached hydrogen (secondary N) is 1. The molecule has 0 saturated carbocycles. The van der Waals surface area contributed by atoms with Gasteiger partial charge in [0.05, 0.1) is 6.54 Å². The first-order valence-electron chi connectivity index (χ1n) is 8.83. The summed E-state index contributed by atoms with van der Waals surface area (Å²) in [4.78, 5) is 14.6. The molecule has 0 saturated heterocycles. The van der Waals surface area contributed by atoms with Crippen LogP contribution in [0.3, 0.4) is 0 Å². The molecule has 0 aliphatic rings. The van der Waals surface area contributed by atoms with Gasteiger partial charge < -0.3 is 11.1 Å². The number of amides is 1. The van der Waals surface area contributed by atoms with E-state index in [4.69, 9.17) is 5.73 Å². The molecule has 4 nitrogen and oxygen atoms in total. The van der Waals surface area contributed by atoms with E-state index in [1.165, 1.54) is 11.1 Å². The Labute approximate surface area is 151 Å². The molecule has 134 valence electrons. The Morgan fingerprint density at radius 3 is 2.28 bits per heavy atom. The summed E-state index contributed by atoms with van der Waals surface area (Å²) in [5.41, 5.74) is 11.3. The van der Waals surface area contributed by atoms with E-state index in [1.807, 2.05) is 32.0 Å². The molecule has 0 aliphatic heterocycles. The first-order valence-corrected chi connectivity index (χ1v) is 8.83. The van der Waals surface area contributed by atoms with Crippen molar-refractivity contribution in [2.45, 2.75) is 27.2 Å². The lowest BCUT2D eigenvalue weighted by Gasteiger charge is -2.22. The molecule has 1 amide bonds. The Kier molecular flexibility index (Phi) is 7.16. The van der Waals surface area contributed by atoms with Crippen molar-refractivity contribution in [1.82, 2.24) is 4.90 Å². The highest BCUT2D eigenvalue weighted by atomic mass is 16.2. The van der Waals surface area contributed by atoms with Crippen molar-refractivity contribution in [3.63, 3.8) is 0 Å². The topological polar surface area (TPSA) is 58.4 Å². The Balaban J connectivity index is 1.95. The molecule has 3 N–H and O–H groups in total. The van der Waals surface area contributed by atoms with Gasteiger partial charge in [-0.1, -0.05) is 48.0 Å². The van der Waals surface area contributed by atoms with Crippen LogP contribution in [0.25, 0.3) is 0 Å². The fraction of sp³-hybridized carbons (Fsp3) is 0.381. The zero-order valence-corrected chi connectivity index (χ0v) is 15.5.